The first-order valence-corrected chi connectivity index (χ1v) is 7.22. The number of rotatable bonds is 5. The molecule has 1 amide bonds. The summed E-state index contributed by atoms with van der Waals surface area (Å²) in [6.45, 7) is 3.78. The minimum atomic E-state index is -0.746. The summed E-state index contributed by atoms with van der Waals surface area (Å²) in [5.74, 6) is -0.00683. The first-order valence-electron chi connectivity index (χ1n) is 7.22. The van der Waals surface area contributed by atoms with Gasteiger partial charge >= 0.3 is 0 Å². The Morgan fingerprint density at radius 2 is 1.68 bits per heavy atom. The largest absolute Gasteiger partial charge is 0.508 e. The van der Waals surface area contributed by atoms with E-state index >= 15 is 0 Å². The van der Waals surface area contributed by atoms with Gasteiger partial charge in [0.2, 0.25) is 5.91 Å². The van der Waals surface area contributed by atoms with Gasteiger partial charge in [-0.05, 0) is 37.1 Å². The molecule has 0 aliphatic rings. The number of hydrogen-bond acceptors (Lipinski definition) is 3. The van der Waals surface area contributed by atoms with Crippen LogP contribution in [0.4, 0.5) is 0 Å². The van der Waals surface area contributed by atoms with Crippen molar-refractivity contribution in [2.45, 2.75) is 25.4 Å². The number of aliphatic hydroxyl groups is 1. The number of phenolic OH excluding ortho intramolecular Hbond substituents is 1. The topological polar surface area (TPSA) is 69.6 Å². The number of amides is 1. The quantitative estimate of drug-likeness (QED) is 0.794. The smallest absolute Gasteiger partial charge is 0.230 e. The maximum atomic E-state index is 12.4. The number of phenols is 1. The van der Waals surface area contributed by atoms with E-state index in [1.807, 2.05) is 44.2 Å². The molecule has 0 spiro atoms. The highest BCUT2D eigenvalue weighted by atomic mass is 16.3. The third kappa shape index (κ3) is 3.65. The fourth-order valence-electron chi connectivity index (χ4n) is 2.21. The predicted octanol–water partition coefficient (Wildman–Crippen LogP) is 2.52. The van der Waals surface area contributed by atoms with Crippen molar-refractivity contribution in [2.75, 3.05) is 6.54 Å². The summed E-state index contributed by atoms with van der Waals surface area (Å²) in [7, 11) is 0. The molecule has 2 rings (SSSR count). The van der Waals surface area contributed by atoms with Crippen LogP contribution < -0.4 is 5.32 Å². The third-order valence-corrected chi connectivity index (χ3v) is 3.80. The molecule has 116 valence electrons. The molecule has 3 N–H and O–H groups in total. The highest BCUT2D eigenvalue weighted by Crippen LogP contribution is 2.25. The zero-order valence-corrected chi connectivity index (χ0v) is 12.8. The number of carbonyl (C=O) groups is 1. The molecule has 0 fully saturated rings. The number of aliphatic hydroxyl groups excluding tert-OH is 1. The molecular formula is C18H21NO3. The molecule has 22 heavy (non-hydrogen) atoms. The Hall–Kier alpha value is -2.33. The van der Waals surface area contributed by atoms with E-state index in [9.17, 15) is 15.0 Å². The van der Waals surface area contributed by atoms with E-state index in [0.717, 1.165) is 11.1 Å². The molecule has 0 radical (unpaired) electrons. The van der Waals surface area contributed by atoms with E-state index in [1.54, 1.807) is 24.3 Å². The molecule has 4 heteroatoms. The number of hydrogen-bond donors (Lipinski definition) is 3. The lowest BCUT2D eigenvalue weighted by atomic mass is 9.83. The number of nitrogens with one attached hydrogen (secondary N) is 1. The third-order valence-electron chi connectivity index (χ3n) is 3.80. The van der Waals surface area contributed by atoms with Gasteiger partial charge in [0.15, 0.2) is 0 Å². The standard InChI is InChI=1S/C18H21NO3/c1-18(2,14-8-10-15(20)11-9-14)17(22)19-12-16(21)13-6-4-3-5-7-13/h3-11,16,20-21H,12H2,1-2H3,(H,19,22)/t16-/m1/s1. The maximum absolute atomic E-state index is 12.4. The van der Waals surface area contributed by atoms with Crippen molar-refractivity contribution in [1.29, 1.82) is 0 Å². The molecule has 0 saturated heterocycles. The van der Waals surface area contributed by atoms with Gasteiger partial charge in [-0.3, -0.25) is 4.79 Å². The van der Waals surface area contributed by atoms with Crippen molar-refractivity contribution in [1.82, 2.24) is 5.32 Å². The van der Waals surface area contributed by atoms with Crippen LogP contribution in [0.25, 0.3) is 0 Å². The minimum Gasteiger partial charge on any atom is -0.508 e. The summed E-state index contributed by atoms with van der Waals surface area (Å²) in [4.78, 5) is 12.4. The van der Waals surface area contributed by atoms with E-state index in [-0.39, 0.29) is 18.2 Å². The summed E-state index contributed by atoms with van der Waals surface area (Å²) in [5, 5.41) is 22.2. The Bertz CT molecular complexity index is 621. The molecule has 2 aromatic rings. The van der Waals surface area contributed by atoms with Crippen molar-refractivity contribution in [3.63, 3.8) is 0 Å². The van der Waals surface area contributed by atoms with Gasteiger partial charge in [-0.25, -0.2) is 0 Å². The van der Waals surface area contributed by atoms with Crippen molar-refractivity contribution in [2.24, 2.45) is 0 Å². The minimum absolute atomic E-state index is 0.157. The van der Waals surface area contributed by atoms with E-state index in [2.05, 4.69) is 5.32 Å². The average Bonchev–Trinajstić information content (AvgIpc) is 2.53. The monoisotopic (exact) mass is 299 g/mol. The Balaban J connectivity index is 2.00. The average molecular weight is 299 g/mol. The van der Waals surface area contributed by atoms with Gasteiger partial charge in [-0.1, -0.05) is 42.5 Å². The van der Waals surface area contributed by atoms with Gasteiger partial charge in [0.05, 0.1) is 11.5 Å². The van der Waals surface area contributed by atoms with E-state index in [4.69, 9.17) is 0 Å². The maximum Gasteiger partial charge on any atom is 0.230 e. The SMILES string of the molecule is CC(C)(C(=O)NC[C@@H](O)c1ccccc1)c1ccc(O)cc1. The molecule has 0 aliphatic carbocycles. The first kappa shape index (κ1) is 16.0. The number of carbonyl (C=O) groups excluding carboxylic acids is 1. The van der Waals surface area contributed by atoms with Crippen LogP contribution in [0.5, 0.6) is 5.75 Å². The highest BCUT2D eigenvalue weighted by Gasteiger charge is 2.29. The Morgan fingerprint density at radius 3 is 2.27 bits per heavy atom. The number of aromatic hydroxyl groups is 1. The second-order valence-corrected chi connectivity index (χ2v) is 5.81. The van der Waals surface area contributed by atoms with Crippen LogP contribution in [0.3, 0.4) is 0 Å². The summed E-state index contributed by atoms with van der Waals surface area (Å²) in [6.07, 6.45) is -0.735. The normalized spacial score (nSPS) is 12.7. The summed E-state index contributed by atoms with van der Waals surface area (Å²) < 4.78 is 0. The lowest BCUT2D eigenvalue weighted by Gasteiger charge is -2.25. The molecule has 0 saturated carbocycles. The predicted molar refractivity (Wildman–Crippen MR) is 85.5 cm³/mol. The molecule has 0 heterocycles. The first-order chi connectivity index (χ1) is 10.4. The van der Waals surface area contributed by atoms with Crippen LogP contribution in [0.1, 0.15) is 31.1 Å². The zero-order chi connectivity index (χ0) is 16.2. The van der Waals surface area contributed by atoms with E-state index in [0.29, 0.717) is 0 Å². The van der Waals surface area contributed by atoms with Gasteiger partial charge in [-0.15, -0.1) is 0 Å². The summed E-state index contributed by atoms with van der Waals surface area (Å²) in [5.41, 5.74) is 0.826. The zero-order valence-electron chi connectivity index (χ0n) is 12.8. The number of benzene rings is 2. The van der Waals surface area contributed by atoms with Gasteiger partial charge in [-0.2, -0.15) is 0 Å². The summed E-state index contributed by atoms with van der Waals surface area (Å²) >= 11 is 0. The Morgan fingerprint density at radius 1 is 1.09 bits per heavy atom. The summed E-state index contributed by atoms with van der Waals surface area (Å²) in [6, 6.07) is 15.8. The highest BCUT2D eigenvalue weighted by molar-refractivity contribution is 5.87. The lowest BCUT2D eigenvalue weighted by Crippen LogP contribution is -2.41. The second kappa shape index (κ2) is 6.62. The second-order valence-electron chi connectivity index (χ2n) is 5.81. The van der Waals surface area contributed by atoms with Crippen molar-refractivity contribution < 1.29 is 15.0 Å². The van der Waals surface area contributed by atoms with Gasteiger partial charge in [0.25, 0.3) is 0 Å². The van der Waals surface area contributed by atoms with Gasteiger partial charge in [0, 0.05) is 6.54 Å². The fourth-order valence-corrected chi connectivity index (χ4v) is 2.21. The van der Waals surface area contributed by atoms with Crippen LogP contribution in [0, 0.1) is 0 Å². The fraction of sp³-hybridized carbons (Fsp3) is 0.278. The van der Waals surface area contributed by atoms with Gasteiger partial charge < -0.3 is 15.5 Å². The van der Waals surface area contributed by atoms with Crippen molar-refractivity contribution >= 4 is 5.91 Å². The van der Waals surface area contributed by atoms with Crippen LogP contribution in [0.15, 0.2) is 54.6 Å². The molecule has 0 unspecified atom stereocenters. The molecule has 0 bridgehead atoms. The van der Waals surface area contributed by atoms with E-state index < -0.39 is 11.5 Å². The molecule has 0 aliphatic heterocycles. The van der Waals surface area contributed by atoms with Crippen LogP contribution in [-0.2, 0) is 10.2 Å². The van der Waals surface area contributed by atoms with Crippen LogP contribution in [0.2, 0.25) is 0 Å². The molecule has 4 nitrogen and oxygen atoms in total. The Kier molecular flexibility index (Phi) is 4.83. The lowest BCUT2D eigenvalue weighted by molar-refractivity contribution is -0.126. The van der Waals surface area contributed by atoms with Crippen molar-refractivity contribution in [3.05, 3.63) is 65.7 Å². The van der Waals surface area contributed by atoms with Gasteiger partial charge in [0.1, 0.15) is 5.75 Å². The van der Waals surface area contributed by atoms with E-state index in [1.165, 1.54) is 0 Å². The molecule has 1 atom stereocenters. The molecule has 2 aromatic carbocycles. The van der Waals surface area contributed by atoms with Crippen molar-refractivity contribution in [3.8, 4) is 5.75 Å². The Labute approximate surface area is 130 Å². The molecule has 0 aromatic heterocycles. The molecular weight excluding hydrogens is 278 g/mol. The van der Waals surface area contributed by atoms with Crippen LogP contribution in [-0.4, -0.2) is 22.7 Å². The van der Waals surface area contributed by atoms with Crippen LogP contribution >= 0.6 is 0 Å².